The van der Waals surface area contributed by atoms with E-state index < -0.39 is 0 Å². The molecule has 0 fully saturated rings. The van der Waals surface area contributed by atoms with E-state index in [1.807, 2.05) is 55.5 Å². The minimum Gasteiger partial charge on any atom is -0.508 e. The molecule has 1 aliphatic rings. The van der Waals surface area contributed by atoms with E-state index in [0.29, 0.717) is 23.1 Å². The first-order valence-electron chi connectivity index (χ1n) is 9.83. The first kappa shape index (κ1) is 20.7. The Labute approximate surface area is 186 Å². The van der Waals surface area contributed by atoms with Gasteiger partial charge in [-0.15, -0.1) is 0 Å². The van der Waals surface area contributed by atoms with Crippen molar-refractivity contribution in [1.29, 1.82) is 0 Å². The molecule has 6 heteroatoms. The average molecular weight is 441 g/mol. The van der Waals surface area contributed by atoms with Gasteiger partial charge in [-0.3, -0.25) is 10.3 Å². The number of aromatic hydroxyl groups is 1. The highest BCUT2D eigenvalue weighted by Crippen LogP contribution is 2.36. The maximum absolute atomic E-state index is 10.5. The molecular formula is C24H22Cl2N2O2. The molecule has 30 heavy (non-hydrogen) atoms. The maximum atomic E-state index is 10.5. The molecule has 2 atom stereocenters. The second-order valence-electron chi connectivity index (χ2n) is 7.11. The summed E-state index contributed by atoms with van der Waals surface area (Å²) in [6.07, 6.45) is 0.340. The average Bonchev–Trinajstić information content (AvgIpc) is 2.76. The summed E-state index contributed by atoms with van der Waals surface area (Å²) >= 11 is 12.3. The molecule has 1 aliphatic heterocycles. The van der Waals surface area contributed by atoms with Gasteiger partial charge >= 0.3 is 0 Å². The van der Waals surface area contributed by atoms with Crippen molar-refractivity contribution in [2.75, 3.05) is 6.61 Å². The van der Waals surface area contributed by atoms with Crippen LogP contribution in [-0.2, 0) is 0 Å². The van der Waals surface area contributed by atoms with Crippen LogP contribution in [0.4, 0.5) is 0 Å². The molecule has 3 aromatic carbocycles. The summed E-state index contributed by atoms with van der Waals surface area (Å²) in [5.41, 5.74) is 3.71. The number of hydrogen-bond donors (Lipinski definition) is 2. The number of benzene rings is 3. The SMILES string of the molecule is CCOc1ccc(C2=NC(c3ccc(Cl)cc3)NC(c3cc(Cl)ccc3O)C2)cc1. The summed E-state index contributed by atoms with van der Waals surface area (Å²) in [4.78, 5) is 4.96. The number of nitrogens with one attached hydrogen (secondary N) is 1. The van der Waals surface area contributed by atoms with Crippen molar-refractivity contribution >= 4 is 28.9 Å². The molecule has 1 heterocycles. The monoisotopic (exact) mass is 440 g/mol. The van der Waals surface area contributed by atoms with Gasteiger partial charge in [0.25, 0.3) is 0 Å². The number of phenols is 1. The van der Waals surface area contributed by atoms with Crippen molar-refractivity contribution < 1.29 is 9.84 Å². The fraction of sp³-hybridized carbons (Fsp3) is 0.208. The van der Waals surface area contributed by atoms with Gasteiger partial charge in [0, 0.05) is 33.8 Å². The van der Waals surface area contributed by atoms with Crippen molar-refractivity contribution in [1.82, 2.24) is 5.32 Å². The van der Waals surface area contributed by atoms with Crippen LogP contribution in [0.1, 0.15) is 42.2 Å². The highest BCUT2D eigenvalue weighted by Gasteiger charge is 2.28. The smallest absolute Gasteiger partial charge is 0.126 e. The van der Waals surface area contributed by atoms with E-state index in [1.165, 1.54) is 0 Å². The van der Waals surface area contributed by atoms with Crippen LogP contribution < -0.4 is 10.1 Å². The first-order valence-corrected chi connectivity index (χ1v) is 10.6. The van der Waals surface area contributed by atoms with Crippen LogP contribution in [0.25, 0.3) is 0 Å². The molecule has 2 unspecified atom stereocenters. The van der Waals surface area contributed by atoms with E-state index in [4.69, 9.17) is 32.9 Å². The second-order valence-corrected chi connectivity index (χ2v) is 7.99. The van der Waals surface area contributed by atoms with Crippen LogP contribution in [-0.4, -0.2) is 17.4 Å². The molecule has 0 bridgehead atoms. The van der Waals surface area contributed by atoms with Crippen LogP contribution in [0.3, 0.4) is 0 Å². The van der Waals surface area contributed by atoms with Gasteiger partial charge < -0.3 is 9.84 Å². The predicted octanol–water partition coefficient (Wildman–Crippen LogP) is 6.32. The van der Waals surface area contributed by atoms with Gasteiger partial charge in [0.1, 0.15) is 17.7 Å². The molecule has 3 aromatic rings. The normalized spacial score (nSPS) is 18.7. The summed E-state index contributed by atoms with van der Waals surface area (Å²) in [6, 6.07) is 20.5. The van der Waals surface area contributed by atoms with Crippen LogP contribution >= 0.6 is 23.2 Å². The van der Waals surface area contributed by atoms with E-state index in [9.17, 15) is 5.11 Å². The molecule has 0 saturated heterocycles. The molecule has 0 radical (unpaired) electrons. The van der Waals surface area contributed by atoms with Gasteiger partial charge in [0.15, 0.2) is 0 Å². The lowest BCUT2D eigenvalue weighted by Crippen LogP contribution is -2.33. The van der Waals surface area contributed by atoms with E-state index in [0.717, 1.165) is 28.2 Å². The molecule has 2 N–H and O–H groups in total. The highest BCUT2D eigenvalue weighted by atomic mass is 35.5. The molecule has 4 rings (SSSR count). The van der Waals surface area contributed by atoms with Gasteiger partial charge in [-0.25, -0.2) is 0 Å². The number of phenolic OH excluding ortho intramolecular Hbond substituents is 1. The lowest BCUT2D eigenvalue weighted by Gasteiger charge is -2.31. The fourth-order valence-electron chi connectivity index (χ4n) is 3.61. The standard InChI is InChI=1S/C24H22Cl2N2O2/c1-2-30-19-10-5-15(6-11-19)21-14-22(20-13-18(26)9-12-23(20)29)28-24(27-21)16-3-7-17(25)8-4-16/h3-13,22,24,28-29H,2,14H2,1H3. The van der Waals surface area contributed by atoms with Crippen molar-refractivity contribution in [2.24, 2.45) is 4.99 Å². The molecule has 0 saturated carbocycles. The summed E-state index contributed by atoms with van der Waals surface area (Å²) < 4.78 is 5.56. The Morgan fingerprint density at radius 1 is 1.00 bits per heavy atom. The number of aliphatic imine (C=N–C) groups is 1. The fourth-order valence-corrected chi connectivity index (χ4v) is 3.92. The quantitative estimate of drug-likeness (QED) is 0.487. The topological polar surface area (TPSA) is 53.8 Å². The largest absolute Gasteiger partial charge is 0.508 e. The third kappa shape index (κ3) is 4.62. The maximum Gasteiger partial charge on any atom is 0.126 e. The Bertz CT molecular complexity index is 1050. The number of nitrogens with zero attached hydrogens (tertiary/aromatic N) is 1. The summed E-state index contributed by atoms with van der Waals surface area (Å²) in [7, 11) is 0. The van der Waals surface area contributed by atoms with Crippen molar-refractivity contribution in [3.05, 3.63) is 93.5 Å². The molecule has 0 amide bonds. The van der Waals surface area contributed by atoms with Crippen LogP contribution in [0.2, 0.25) is 10.0 Å². The third-order valence-corrected chi connectivity index (χ3v) is 5.58. The van der Waals surface area contributed by atoms with E-state index in [-0.39, 0.29) is 18.0 Å². The predicted molar refractivity (Wildman–Crippen MR) is 122 cm³/mol. The van der Waals surface area contributed by atoms with Crippen molar-refractivity contribution in [3.8, 4) is 11.5 Å². The Kier molecular flexibility index (Phi) is 6.28. The Balaban J connectivity index is 1.72. The summed E-state index contributed by atoms with van der Waals surface area (Å²) in [5.74, 6) is 1.04. The van der Waals surface area contributed by atoms with E-state index >= 15 is 0 Å². The van der Waals surface area contributed by atoms with Gasteiger partial charge in [-0.2, -0.15) is 0 Å². The minimum atomic E-state index is -0.277. The molecule has 154 valence electrons. The molecule has 4 nitrogen and oxygen atoms in total. The van der Waals surface area contributed by atoms with Gasteiger partial charge in [-0.05, 0) is 72.6 Å². The number of halogens is 2. The number of hydrogen-bond acceptors (Lipinski definition) is 4. The van der Waals surface area contributed by atoms with E-state index in [1.54, 1.807) is 18.2 Å². The van der Waals surface area contributed by atoms with Gasteiger partial charge in [0.2, 0.25) is 0 Å². The highest BCUT2D eigenvalue weighted by molar-refractivity contribution is 6.30. The zero-order valence-electron chi connectivity index (χ0n) is 16.5. The molecular weight excluding hydrogens is 419 g/mol. The van der Waals surface area contributed by atoms with Crippen LogP contribution in [0.5, 0.6) is 11.5 Å². The minimum absolute atomic E-state index is 0.150. The Hall–Kier alpha value is -2.53. The van der Waals surface area contributed by atoms with Crippen molar-refractivity contribution in [2.45, 2.75) is 25.6 Å². The Morgan fingerprint density at radius 2 is 1.70 bits per heavy atom. The number of ether oxygens (including phenoxy) is 1. The lowest BCUT2D eigenvalue weighted by molar-refractivity contribution is 0.340. The van der Waals surface area contributed by atoms with Gasteiger partial charge in [-0.1, -0.05) is 35.3 Å². The molecule has 0 spiro atoms. The van der Waals surface area contributed by atoms with Crippen LogP contribution in [0, 0.1) is 0 Å². The zero-order valence-corrected chi connectivity index (χ0v) is 18.0. The van der Waals surface area contributed by atoms with Crippen molar-refractivity contribution in [3.63, 3.8) is 0 Å². The zero-order chi connectivity index (χ0) is 21.1. The summed E-state index contributed by atoms with van der Waals surface area (Å²) in [6.45, 7) is 2.59. The molecule has 0 aromatic heterocycles. The third-order valence-electron chi connectivity index (χ3n) is 5.09. The summed E-state index contributed by atoms with van der Waals surface area (Å²) in [5, 5.41) is 15.2. The van der Waals surface area contributed by atoms with Crippen LogP contribution in [0.15, 0.2) is 71.7 Å². The van der Waals surface area contributed by atoms with E-state index in [2.05, 4.69) is 5.32 Å². The first-order chi connectivity index (χ1) is 14.5. The second kappa shape index (κ2) is 9.09. The number of rotatable bonds is 5. The Morgan fingerprint density at radius 3 is 2.40 bits per heavy atom. The molecule has 0 aliphatic carbocycles. The van der Waals surface area contributed by atoms with Gasteiger partial charge in [0.05, 0.1) is 6.61 Å². The lowest BCUT2D eigenvalue weighted by atomic mass is 9.93.